The van der Waals surface area contributed by atoms with Crippen molar-refractivity contribution in [2.75, 3.05) is 0 Å². The monoisotopic (exact) mass is 362 g/mol. The first kappa shape index (κ1) is 16.7. The minimum atomic E-state index is -0.483. The van der Waals surface area contributed by atoms with E-state index in [2.05, 4.69) is 73.7 Å². The van der Waals surface area contributed by atoms with Crippen LogP contribution < -0.4 is 14.8 Å². The normalized spacial score (nSPS) is 12.2. The Bertz CT molecular complexity index is 1070. The number of rotatable bonds is 3. The average Bonchev–Trinajstić information content (AvgIpc) is 3.17. The Morgan fingerprint density at radius 3 is 1.75 bits per heavy atom. The smallest absolute Gasteiger partial charge is 0.519 e. The zero-order chi connectivity index (χ0) is 18.9. The van der Waals surface area contributed by atoms with E-state index in [1.807, 2.05) is 30.3 Å². The van der Waals surface area contributed by atoms with Crippen LogP contribution in [0.25, 0.3) is 22.3 Å². The first-order valence-corrected chi connectivity index (χ1v) is 9.47. The van der Waals surface area contributed by atoms with E-state index in [4.69, 9.17) is 9.31 Å². The third-order valence-corrected chi connectivity index (χ3v) is 5.08. The minimum Gasteiger partial charge on any atom is -0.519 e. The summed E-state index contributed by atoms with van der Waals surface area (Å²) in [6, 6.07) is 33.2. The van der Waals surface area contributed by atoms with E-state index < -0.39 is 7.12 Å². The number of aryl methyl sites for hydroxylation is 1. The van der Waals surface area contributed by atoms with Crippen LogP contribution in [0.1, 0.15) is 5.56 Å². The highest BCUT2D eigenvalue weighted by atomic mass is 16.6. The molecule has 0 amide bonds. The minimum absolute atomic E-state index is 0.483. The molecule has 0 aliphatic carbocycles. The van der Waals surface area contributed by atoms with Crippen LogP contribution in [0.2, 0.25) is 0 Å². The van der Waals surface area contributed by atoms with E-state index in [1.165, 1.54) is 0 Å². The summed E-state index contributed by atoms with van der Waals surface area (Å²) in [5, 5.41) is 0. The van der Waals surface area contributed by atoms with Crippen molar-refractivity contribution in [3.63, 3.8) is 0 Å². The fraction of sp³-hybridized carbons (Fsp3) is 0.0400. The molecule has 5 rings (SSSR count). The summed E-state index contributed by atoms with van der Waals surface area (Å²) >= 11 is 0. The first-order valence-electron chi connectivity index (χ1n) is 9.47. The molecule has 1 aliphatic heterocycles. The van der Waals surface area contributed by atoms with Gasteiger partial charge in [0.15, 0.2) is 0 Å². The lowest BCUT2D eigenvalue weighted by Crippen LogP contribution is -2.41. The van der Waals surface area contributed by atoms with E-state index in [1.54, 1.807) is 0 Å². The summed E-state index contributed by atoms with van der Waals surface area (Å²) in [7, 11) is -0.483. The number of hydrogen-bond donors (Lipinski definition) is 0. The number of hydrogen-bond acceptors (Lipinski definition) is 2. The van der Waals surface area contributed by atoms with E-state index in [-0.39, 0.29) is 0 Å². The Morgan fingerprint density at radius 2 is 1.14 bits per heavy atom. The highest BCUT2D eigenvalue weighted by Crippen LogP contribution is 2.36. The molecule has 0 spiro atoms. The maximum absolute atomic E-state index is 6.28. The summed E-state index contributed by atoms with van der Waals surface area (Å²) in [5.74, 6) is 1.59. The Kier molecular flexibility index (Phi) is 4.14. The van der Waals surface area contributed by atoms with Crippen LogP contribution >= 0.6 is 0 Å². The second kappa shape index (κ2) is 6.93. The van der Waals surface area contributed by atoms with E-state index >= 15 is 0 Å². The topological polar surface area (TPSA) is 18.5 Å². The molecular weight excluding hydrogens is 343 g/mol. The fourth-order valence-corrected chi connectivity index (χ4v) is 3.74. The van der Waals surface area contributed by atoms with Crippen LogP contribution in [-0.2, 0) is 0 Å². The second-order valence-corrected chi connectivity index (χ2v) is 7.02. The third kappa shape index (κ3) is 2.95. The van der Waals surface area contributed by atoms with Crippen molar-refractivity contribution < 1.29 is 9.31 Å². The van der Waals surface area contributed by atoms with E-state index in [0.29, 0.717) is 0 Å². The molecule has 2 nitrogen and oxygen atoms in total. The Balaban J connectivity index is 1.69. The van der Waals surface area contributed by atoms with Crippen LogP contribution in [-0.4, -0.2) is 7.12 Å². The van der Waals surface area contributed by atoms with Gasteiger partial charge in [-0.25, -0.2) is 0 Å². The molecule has 3 heteroatoms. The van der Waals surface area contributed by atoms with Gasteiger partial charge in [0.05, 0.1) is 0 Å². The second-order valence-electron chi connectivity index (χ2n) is 7.02. The number of benzene rings is 4. The standard InChI is InChI=1S/C25H19BO2/c1-18-15-16-23-24(17-18)28-26(27-23)25-21(19-9-4-2-5-10-19)13-8-14-22(25)20-11-6-3-7-12-20/h2-17H,1H3. The van der Waals surface area contributed by atoms with E-state index in [9.17, 15) is 0 Å². The zero-order valence-corrected chi connectivity index (χ0v) is 15.6. The third-order valence-electron chi connectivity index (χ3n) is 5.08. The highest BCUT2D eigenvalue weighted by molar-refractivity contribution is 6.67. The Labute approximate surface area is 165 Å². The summed E-state index contributed by atoms with van der Waals surface area (Å²) in [6.07, 6.45) is 0. The van der Waals surface area contributed by atoms with Crippen molar-refractivity contribution in [2.45, 2.75) is 6.92 Å². The van der Waals surface area contributed by atoms with Gasteiger partial charge in [0.25, 0.3) is 0 Å². The molecule has 0 bridgehead atoms. The summed E-state index contributed by atoms with van der Waals surface area (Å²) in [5.41, 5.74) is 6.74. The van der Waals surface area contributed by atoms with Gasteiger partial charge < -0.3 is 9.31 Å². The maximum atomic E-state index is 6.28. The summed E-state index contributed by atoms with van der Waals surface area (Å²) in [6.45, 7) is 2.06. The fourth-order valence-electron chi connectivity index (χ4n) is 3.74. The van der Waals surface area contributed by atoms with Gasteiger partial charge in [0, 0.05) is 5.46 Å². The van der Waals surface area contributed by atoms with Gasteiger partial charge in [-0.05, 0) is 46.9 Å². The lowest BCUT2D eigenvalue weighted by atomic mass is 9.70. The molecule has 4 aromatic carbocycles. The van der Waals surface area contributed by atoms with Crippen molar-refractivity contribution in [3.8, 4) is 33.8 Å². The quantitative estimate of drug-likeness (QED) is 0.449. The van der Waals surface area contributed by atoms with Crippen molar-refractivity contribution in [1.82, 2.24) is 0 Å². The van der Waals surface area contributed by atoms with Gasteiger partial charge in [-0.1, -0.05) is 84.9 Å². The van der Waals surface area contributed by atoms with Gasteiger partial charge >= 0.3 is 7.12 Å². The van der Waals surface area contributed by atoms with Gasteiger partial charge in [-0.15, -0.1) is 0 Å². The average molecular weight is 362 g/mol. The van der Waals surface area contributed by atoms with Gasteiger partial charge in [0.1, 0.15) is 11.5 Å². The summed E-state index contributed by atoms with van der Waals surface area (Å²) < 4.78 is 12.5. The van der Waals surface area contributed by atoms with Crippen LogP contribution in [0.15, 0.2) is 97.1 Å². The van der Waals surface area contributed by atoms with Gasteiger partial charge in [0.2, 0.25) is 0 Å². The molecule has 0 N–H and O–H groups in total. The molecule has 0 radical (unpaired) electrons. The van der Waals surface area contributed by atoms with Crippen LogP contribution in [0.4, 0.5) is 0 Å². The van der Waals surface area contributed by atoms with Gasteiger partial charge in [-0.3, -0.25) is 0 Å². The molecule has 134 valence electrons. The molecule has 0 saturated carbocycles. The first-order chi connectivity index (χ1) is 13.8. The molecule has 0 atom stereocenters. The molecule has 0 aromatic heterocycles. The van der Waals surface area contributed by atoms with Crippen LogP contribution in [0.3, 0.4) is 0 Å². The Hall–Kier alpha value is -3.46. The van der Waals surface area contributed by atoms with Crippen LogP contribution in [0.5, 0.6) is 11.5 Å². The molecule has 1 heterocycles. The van der Waals surface area contributed by atoms with Crippen molar-refractivity contribution in [3.05, 3.63) is 103 Å². The number of fused-ring (bicyclic) bond motifs is 1. The molecule has 28 heavy (non-hydrogen) atoms. The van der Waals surface area contributed by atoms with Crippen molar-refractivity contribution in [2.24, 2.45) is 0 Å². The molecule has 0 unspecified atom stereocenters. The Morgan fingerprint density at radius 1 is 0.571 bits per heavy atom. The lowest BCUT2D eigenvalue weighted by molar-refractivity contribution is 0.519. The zero-order valence-electron chi connectivity index (χ0n) is 15.6. The molecule has 1 aliphatic rings. The largest absolute Gasteiger partial charge is 0.634 e. The predicted octanol–water partition coefficient (Wildman–Crippen LogP) is 5.50. The van der Waals surface area contributed by atoms with Gasteiger partial charge in [-0.2, -0.15) is 0 Å². The highest BCUT2D eigenvalue weighted by Gasteiger charge is 2.38. The van der Waals surface area contributed by atoms with Crippen molar-refractivity contribution >= 4 is 12.6 Å². The van der Waals surface area contributed by atoms with E-state index in [0.717, 1.165) is 44.8 Å². The molecule has 4 aromatic rings. The predicted molar refractivity (Wildman–Crippen MR) is 115 cm³/mol. The lowest BCUT2D eigenvalue weighted by Gasteiger charge is -2.17. The molecule has 0 saturated heterocycles. The molecular formula is C25H19BO2. The summed E-state index contributed by atoms with van der Waals surface area (Å²) in [4.78, 5) is 0. The van der Waals surface area contributed by atoms with Crippen LogP contribution in [0, 0.1) is 6.92 Å². The maximum Gasteiger partial charge on any atom is 0.634 e. The molecule has 0 fully saturated rings. The van der Waals surface area contributed by atoms with Crippen molar-refractivity contribution in [1.29, 1.82) is 0 Å². The SMILES string of the molecule is Cc1ccc2c(c1)OB(c1c(-c3ccccc3)cccc1-c1ccccc1)O2.